The number of allylic oxidation sites excluding steroid dienone is 1. The second kappa shape index (κ2) is 9.59. The van der Waals surface area contributed by atoms with Crippen LogP contribution in [0.5, 0.6) is 0 Å². The fraction of sp³-hybridized carbons (Fsp3) is 0.214. The van der Waals surface area contributed by atoms with Crippen molar-refractivity contribution in [2.75, 3.05) is 12.0 Å². The van der Waals surface area contributed by atoms with Crippen molar-refractivity contribution in [3.05, 3.63) is 98.5 Å². The van der Waals surface area contributed by atoms with E-state index in [1.165, 1.54) is 26.2 Å². The first kappa shape index (κ1) is 26.3. The third-order valence-electron chi connectivity index (χ3n) is 6.40. The molecule has 1 aromatic heterocycles. The van der Waals surface area contributed by atoms with E-state index in [1.54, 1.807) is 6.08 Å². The minimum absolute atomic E-state index is 0.00176. The molecule has 2 aromatic carbocycles. The molecule has 0 saturated carbocycles. The van der Waals surface area contributed by atoms with Crippen molar-refractivity contribution < 1.29 is 27.5 Å². The van der Waals surface area contributed by atoms with Crippen LogP contribution in [0.15, 0.2) is 65.4 Å². The van der Waals surface area contributed by atoms with Crippen LogP contribution in [0.25, 0.3) is 11.8 Å². The summed E-state index contributed by atoms with van der Waals surface area (Å²) in [4.78, 5) is 27.4. The van der Waals surface area contributed by atoms with Gasteiger partial charge in [0.1, 0.15) is 0 Å². The highest BCUT2D eigenvalue weighted by Crippen LogP contribution is 2.39. The normalized spacial score (nSPS) is 15.2. The number of hydrogen-bond donors (Lipinski definition) is 0. The summed E-state index contributed by atoms with van der Waals surface area (Å²) in [7, 11) is 1.19. The summed E-state index contributed by atoms with van der Waals surface area (Å²) in [5.41, 5.74) is 3.39. The van der Waals surface area contributed by atoms with Crippen molar-refractivity contribution >= 4 is 35.2 Å². The Morgan fingerprint density at radius 3 is 2.32 bits per heavy atom. The van der Waals surface area contributed by atoms with Crippen LogP contribution in [0.1, 0.15) is 35.0 Å². The smallest absolute Gasteiger partial charge is 0.416 e. The van der Waals surface area contributed by atoms with Gasteiger partial charge < -0.3 is 9.30 Å². The Labute approximate surface area is 217 Å². The summed E-state index contributed by atoms with van der Waals surface area (Å²) >= 11 is 6.33. The maximum Gasteiger partial charge on any atom is 0.416 e. The highest BCUT2D eigenvalue weighted by atomic mass is 35.5. The molecule has 37 heavy (non-hydrogen) atoms. The average Bonchev–Trinajstić information content (AvgIpc) is 3.26. The molecule has 0 bridgehead atoms. The third kappa shape index (κ3) is 4.69. The molecule has 9 heteroatoms. The van der Waals surface area contributed by atoms with E-state index in [1.807, 2.05) is 49.6 Å². The summed E-state index contributed by atoms with van der Waals surface area (Å²) in [5, 5.41) is 0.610. The number of esters is 1. The molecule has 5 nitrogen and oxygen atoms in total. The minimum atomic E-state index is -4.59. The topological polar surface area (TPSA) is 51.5 Å². The van der Waals surface area contributed by atoms with Crippen molar-refractivity contribution in [2.24, 2.45) is 0 Å². The maximum absolute atomic E-state index is 13.6. The molecule has 192 valence electrons. The number of carbonyl (C=O) groups is 2. The Bertz CT molecular complexity index is 1500. The van der Waals surface area contributed by atoms with E-state index in [2.05, 4.69) is 0 Å². The maximum atomic E-state index is 13.6. The number of anilines is 1. The Morgan fingerprint density at radius 2 is 1.70 bits per heavy atom. The predicted molar refractivity (Wildman–Crippen MR) is 137 cm³/mol. The lowest BCUT2D eigenvalue weighted by atomic mass is 10.0. The number of nitrogens with zero attached hydrogens (tertiary/aromatic N) is 2. The van der Waals surface area contributed by atoms with Gasteiger partial charge in [0, 0.05) is 33.5 Å². The standard InChI is InChI=1S/C28H24ClF3N2O3/c1-15-9-10-22(14-24(15)29)33-16(2)11-19(17(33)3)12-23-25(27(36)37-5)18(4)34(26(23)35)21-8-6-7-20(13-21)28(30,31)32/h6-14H,1-5H3/b23-12-. The van der Waals surface area contributed by atoms with E-state index in [0.717, 1.165) is 39.7 Å². The first-order valence-corrected chi connectivity index (χ1v) is 11.7. The molecule has 0 N–H and O–H groups in total. The van der Waals surface area contributed by atoms with Gasteiger partial charge in [-0.15, -0.1) is 0 Å². The second-order valence-corrected chi connectivity index (χ2v) is 9.20. The third-order valence-corrected chi connectivity index (χ3v) is 6.81. The van der Waals surface area contributed by atoms with E-state index in [0.29, 0.717) is 10.6 Å². The van der Waals surface area contributed by atoms with Crippen LogP contribution in [0.4, 0.5) is 18.9 Å². The molecule has 0 saturated heterocycles. The number of ether oxygens (including phenoxy) is 1. The van der Waals surface area contributed by atoms with Gasteiger partial charge in [-0.1, -0.05) is 23.7 Å². The van der Waals surface area contributed by atoms with Gasteiger partial charge in [0.05, 0.1) is 23.8 Å². The number of halogens is 4. The highest BCUT2D eigenvalue weighted by Gasteiger charge is 2.39. The fourth-order valence-corrected chi connectivity index (χ4v) is 4.69. The number of amides is 1. The number of carbonyl (C=O) groups excluding carboxylic acids is 2. The molecule has 1 amide bonds. The molecule has 2 heterocycles. The number of alkyl halides is 3. The van der Waals surface area contributed by atoms with Crippen LogP contribution in [0, 0.1) is 20.8 Å². The lowest BCUT2D eigenvalue weighted by molar-refractivity contribution is -0.137. The van der Waals surface area contributed by atoms with Gasteiger partial charge >= 0.3 is 12.1 Å². The number of methoxy groups -OCH3 is 1. The van der Waals surface area contributed by atoms with E-state index in [4.69, 9.17) is 16.3 Å². The Hall–Kier alpha value is -3.78. The summed E-state index contributed by atoms with van der Waals surface area (Å²) < 4.78 is 46.9. The molecule has 0 fully saturated rings. The number of aryl methyl sites for hydroxylation is 2. The number of hydrogen-bond acceptors (Lipinski definition) is 3. The van der Waals surface area contributed by atoms with E-state index in [9.17, 15) is 22.8 Å². The van der Waals surface area contributed by atoms with E-state index < -0.39 is 23.6 Å². The van der Waals surface area contributed by atoms with Crippen molar-refractivity contribution in [2.45, 2.75) is 33.9 Å². The summed E-state index contributed by atoms with van der Waals surface area (Å²) in [6, 6.07) is 12.0. The molecule has 0 spiro atoms. The zero-order valence-corrected chi connectivity index (χ0v) is 21.6. The van der Waals surface area contributed by atoms with Crippen LogP contribution in [0.3, 0.4) is 0 Å². The highest BCUT2D eigenvalue weighted by molar-refractivity contribution is 6.31. The molecule has 3 aromatic rings. The van der Waals surface area contributed by atoms with Gasteiger partial charge in [-0.25, -0.2) is 4.79 Å². The van der Waals surface area contributed by atoms with Crippen LogP contribution in [0.2, 0.25) is 5.02 Å². The van der Waals surface area contributed by atoms with E-state index in [-0.39, 0.29) is 22.5 Å². The number of rotatable bonds is 4. The predicted octanol–water partition coefficient (Wildman–Crippen LogP) is 6.95. The first-order chi connectivity index (χ1) is 17.3. The molecule has 0 atom stereocenters. The van der Waals surface area contributed by atoms with Crippen LogP contribution >= 0.6 is 11.6 Å². The monoisotopic (exact) mass is 528 g/mol. The molecule has 0 aliphatic carbocycles. The molecular formula is C28H24ClF3N2O3. The number of aromatic nitrogens is 1. The van der Waals surface area contributed by atoms with Gasteiger partial charge in [0.15, 0.2) is 0 Å². The summed E-state index contributed by atoms with van der Waals surface area (Å²) in [6.45, 7) is 7.17. The summed E-state index contributed by atoms with van der Waals surface area (Å²) in [6.07, 6.45) is -3.02. The van der Waals surface area contributed by atoms with E-state index >= 15 is 0 Å². The average molecular weight is 529 g/mol. The fourth-order valence-electron chi connectivity index (χ4n) is 4.52. The van der Waals surface area contributed by atoms with Crippen molar-refractivity contribution in [1.82, 2.24) is 4.57 Å². The Morgan fingerprint density at radius 1 is 1.00 bits per heavy atom. The van der Waals surface area contributed by atoms with Gasteiger partial charge in [-0.3, -0.25) is 9.69 Å². The Balaban J connectivity index is 1.85. The summed E-state index contributed by atoms with van der Waals surface area (Å²) in [5.74, 6) is -1.38. The van der Waals surface area contributed by atoms with Gasteiger partial charge in [-0.05, 0) is 81.3 Å². The van der Waals surface area contributed by atoms with Crippen molar-refractivity contribution in [3.8, 4) is 5.69 Å². The minimum Gasteiger partial charge on any atom is -0.465 e. The van der Waals surface area contributed by atoms with Crippen molar-refractivity contribution in [1.29, 1.82) is 0 Å². The molecule has 1 aliphatic heterocycles. The van der Waals surface area contributed by atoms with Crippen LogP contribution < -0.4 is 4.90 Å². The Kier molecular flexibility index (Phi) is 6.81. The quantitative estimate of drug-likeness (QED) is 0.272. The number of benzene rings is 2. The molecule has 1 aliphatic rings. The molecule has 0 unspecified atom stereocenters. The van der Waals surface area contributed by atoms with Gasteiger partial charge in [-0.2, -0.15) is 13.2 Å². The molecular weight excluding hydrogens is 505 g/mol. The largest absolute Gasteiger partial charge is 0.465 e. The zero-order chi connectivity index (χ0) is 27.2. The lowest BCUT2D eigenvalue weighted by Crippen LogP contribution is -2.25. The van der Waals surface area contributed by atoms with Crippen LogP contribution in [-0.2, 0) is 20.5 Å². The van der Waals surface area contributed by atoms with Crippen LogP contribution in [-0.4, -0.2) is 23.6 Å². The molecule has 0 radical (unpaired) electrons. The molecule has 4 rings (SSSR count). The SMILES string of the molecule is COC(=O)C1=C(C)N(c2cccc(C(F)(F)F)c2)C(=O)/C1=C\c1cc(C)n(-c2ccc(C)c(Cl)c2)c1C. The van der Waals surface area contributed by atoms with Gasteiger partial charge in [0.25, 0.3) is 5.91 Å². The first-order valence-electron chi connectivity index (χ1n) is 11.3. The zero-order valence-electron chi connectivity index (χ0n) is 20.8. The van der Waals surface area contributed by atoms with Gasteiger partial charge in [0.2, 0.25) is 0 Å². The van der Waals surface area contributed by atoms with Crippen molar-refractivity contribution in [3.63, 3.8) is 0 Å². The lowest BCUT2D eigenvalue weighted by Gasteiger charge is -2.19. The second-order valence-electron chi connectivity index (χ2n) is 8.79.